The number of hydrogen-bond acceptors (Lipinski definition) is 6. The van der Waals surface area contributed by atoms with Gasteiger partial charge in [0.15, 0.2) is 15.6 Å². The molecule has 0 aromatic heterocycles. The number of benzene rings is 2. The molecule has 0 atom stereocenters. The molecule has 0 spiro atoms. The van der Waals surface area contributed by atoms with Gasteiger partial charge >= 0.3 is 0 Å². The van der Waals surface area contributed by atoms with Gasteiger partial charge < -0.3 is 14.7 Å². The Balaban J connectivity index is 1.55. The van der Waals surface area contributed by atoms with Crippen molar-refractivity contribution in [3.05, 3.63) is 53.3 Å². The van der Waals surface area contributed by atoms with Crippen LogP contribution in [0.2, 0.25) is 0 Å². The number of anilines is 2. The lowest BCUT2D eigenvalue weighted by molar-refractivity contribution is 0.0746. The van der Waals surface area contributed by atoms with Crippen molar-refractivity contribution in [2.24, 2.45) is 0 Å². The topological polar surface area (TPSA) is 78.0 Å². The molecule has 7 nitrogen and oxygen atoms in total. The molecule has 2 aromatic carbocycles. The second kappa shape index (κ2) is 10.4. The smallest absolute Gasteiger partial charge is 0.256 e. The van der Waals surface area contributed by atoms with Crippen molar-refractivity contribution in [3.63, 3.8) is 0 Å². The van der Waals surface area contributed by atoms with Gasteiger partial charge in [-0.25, -0.2) is 12.8 Å². The Morgan fingerprint density at radius 2 is 1.40 bits per heavy atom. The summed E-state index contributed by atoms with van der Waals surface area (Å²) in [5.74, 6) is -0.856. The molecular formula is C26H32FN3O4S. The molecule has 9 heteroatoms. The van der Waals surface area contributed by atoms with Crippen LogP contribution in [0.15, 0.2) is 41.3 Å². The zero-order valence-corrected chi connectivity index (χ0v) is 21.1. The lowest BCUT2D eigenvalue weighted by Gasteiger charge is -2.37. The van der Waals surface area contributed by atoms with Crippen LogP contribution in [0.25, 0.3) is 0 Å². The maximum atomic E-state index is 14.6. The molecule has 0 aliphatic carbocycles. The van der Waals surface area contributed by atoms with E-state index >= 15 is 0 Å². The van der Waals surface area contributed by atoms with Crippen LogP contribution in [0.4, 0.5) is 15.8 Å². The minimum absolute atomic E-state index is 0.130. The predicted octanol–water partition coefficient (Wildman–Crippen LogP) is 3.77. The van der Waals surface area contributed by atoms with Gasteiger partial charge in [0.25, 0.3) is 5.91 Å². The summed E-state index contributed by atoms with van der Waals surface area (Å²) < 4.78 is 39.1. The maximum Gasteiger partial charge on any atom is 0.256 e. The van der Waals surface area contributed by atoms with E-state index < -0.39 is 15.7 Å². The Morgan fingerprint density at radius 1 is 0.800 bits per heavy atom. The standard InChI is InChI=1S/C26H32FN3O4S/c1-19(31)20-7-9-25(23(27)17-20)29-13-15-30(16-14-29)26(32)22-18-21(35(2,33)34)8-10-24(22)28-11-5-3-4-6-12-28/h7-10,17-18H,3-6,11-16H2,1-2H3. The molecule has 35 heavy (non-hydrogen) atoms. The van der Waals surface area contributed by atoms with Gasteiger partial charge in [0.2, 0.25) is 0 Å². The average Bonchev–Trinajstić information content (AvgIpc) is 3.12. The number of sulfone groups is 1. The van der Waals surface area contributed by atoms with Crippen LogP contribution in [0.3, 0.4) is 0 Å². The number of amides is 1. The van der Waals surface area contributed by atoms with Crippen LogP contribution in [0.1, 0.15) is 53.3 Å². The molecule has 0 radical (unpaired) electrons. The minimum Gasteiger partial charge on any atom is -0.371 e. The quantitative estimate of drug-likeness (QED) is 0.581. The van der Waals surface area contributed by atoms with E-state index in [4.69, 9.17) is 0 Å². The maximum absolute atomic E-state index is 14.6. The Hall–Kier alpha value is -2.94. The third kappa shape index (κ3) is 5.66. The second-order valence-corrected chi connectivity index (χ2v) is 11.4. The fourth-order valence-electron chi connectivity index (χ4n) is 4.81. The van der Waals surface area contributed by atoms with Gasteiger partial charge in [-0.1, -0.05) is 12.8 Å². The van der Waals surface area contributed by atoms with Crippen LogP contribution < -0.4 is 9.80 Å². The highest BCUT2D eigenvalue weighted by atomic mass is 32.2. The van der Waals surface area contributed by atoms with E-state index in [1.807, 2.05) is 4.90 Å². The molecule has 1 amide bonds. The molecule has 0 bridgehead atoms. The number of rotatable bonds is 5. The highest BCUT2D eigenvalue weighted by Gasteiger charge is 2.28. The summed E-state index contributed by atoms with van der Waals surface area (Å²) in [6.45, 7) is 4.71. The number of piperazine rings is 1. The Labute approximate surface area is 206 Å². The molecule has 2 aliphatic heterocycles. The summed E-state index contributed by atoms with van der Waals surface area (Å²) in [4.78, 5) is 31.0. The molecule has 0 saturated carbocycles. The molecule has 2 fully saturated rings. The van der Waals surface area contributed by atoms with Crippen molar-refractivity contribution < 1.29 is 22.4 Å². The van der Waals surface area contributed by atoms with E-state index in [0.717, 1.165) is 50.7 Å². The molecule has 2 aliphatic rings. The molecular weight excluding hydrogens is 469 g/mol. The fraction of sp³-hybridized carbons (Fsp3) is 0.462. The Kier molecular flexibility index (Phi) is 7.44. The minimum atomic E-state index is -3.47. The molecule has 2 aromatic rings. The number of carbonyl (C=O) groups excluding carboxylic acids is 2. The zero-order valence-electron chi connectivity index (χ0n) is 20.3. The van der Waals surface area contributed by atoms with E-state index in [9.17, 15) is 22.4 Å². The van der Waals surface area contributed by atoms with Crippen LogP contribution in [0, 0.1) is 5.82 Å². The molecule has 4 rings (SSSR count). The first-order valence-corrected chi connectivity index (χ1v) is 14.0. The van der Waals surface area contributed by atoms with Crippen molar-refractivity contribution >= 4 is 32.9 Å². The number of ketones is 1. The van der Waals surface area contributed by atoms with E-state index in [1.165, 1.54) is 19.1 Å². The summed E-state index contributed by atoms with van der Waals surface area (Å²) in [6, 6.07) is 9.32. The van der Waals surface area contributed by atoms with Gasteiger partial charge in [0.05, 0.1) is 16.1 Å². The number of halogens is 1. The summed E-state index contributed by atoms with van der Waals surface area (Å²) in [6.07, 6.45) is 5.51. The van der Waals surface area contributed by atoms with Crippen molar-refractivity contribution in [1.29, 1.82) is 0 Å². The van der Waals surface area contributed by atoms with Gasteiger partial charge in [0.1, 0.15) is 5.82 Å². The molecule has 0 N–H and O–H groups in total. The molecule has 2 saturated heterocycles. The first kappa shape index (κ1) is 25.2. The number of hydrogen-bond donors (Lipinski definition) is 0. The van der Waals surface area contributed by atoms with Crippen molar-refractivity contribution in [1.82, 2.24) is 4.90 Å². The van der Waals surface area contributed by atoms with Crippen LogP contribution in [-0.2, 0) is 9.84 Å². The van der Waals surface area contributed by atoms with E-state index in [0.29, 0.717) is 43.0 Å². The zero-order chi connectivity index (χ0) is 25.2. The van der Waals surface area contributed by atoms with Crippen molar-refractivity contribution in [2.75, 3.05) is 55.3 Å². The van der Waals surface area contributed by atoms with Crippen LogP contribution >= 0.6 is 0 Å². The first-order valence-electron chi connectivity index (χ1n) is 12.1. The highest BCUT2D eigenvalue weighted by molar-refractivity contribution is 7.90. The number of Topliss-reactive ketones (excluding diaryl/α,β-unsaturated/α-hetero) is 1. The Morgan fingerprint density at radius 3 is 1.97 bits per heavy atom. The van der Waals surface area contributed by atoms with Crippen LogP contribution in [-0.4, -0.2) is 70.5 Å². The first-order chi connectivity index (χ1) is 16.6. The van der Waals surface area contributed by atoms with Gasteiger partial charge in [-0.05, 0) is 56.2 Å². The molecule has 188 valence electrons. The van der Waals surface area contributed by atoms with E-state index in [1.54, 1.807) is 29.2 Å². The lowest BCUT2D eigenvalue weighted by Crippen LogP contribution is -2.49. The fourth-order valence-corrected chi connectivity index (χ4v) is 5.45. The predicted molar refractivity (Wildman–Crippen MR) is 135 cm³/mol. The van der Waals surface area contributed by atoms with Crippen molar-refractivity contribution in [2.45, 2.75) is 37.5 Å². The lowest BCUT2D eigenvalue weighted by atomic mass is 10.1. The number of carbonyl (C=O) groups is 2. The average molecular weight is 502 g/mol. The Bertz CT molecular complexity index is 1220. The third-order valence-corrected chi connectivity index (χ3v) is 7.95. The summed E-state index contributed by atoms with van der Waals surface area (Å²) in [5.41, 5.74) is 1.91. The summed E-state index contributed by atoms with van der Waals surface area (Å²) in [5, 5.41) is 0. The molecule has 2 heterocycles. The summed E-state index contributed by atoms with van der Waals surface area (Å²) in [7, 11) is -3.47. The van der Waals surface area contributed by atoms with Gasteiger partial charge in [-0.3, -0.25) is 9.59 Å². The SMILES string of the molecule is CC(=O)c1ccc(N2CCN(C(=O)c3cc(S(C)(=O)=O)ccc3N3CCCCCC3)CC2)c(F)c1. The van der Waals surface area contributed by atoms with Crippen molar-refractivity contribution in [3.8, 4) is 0 Å². The second-order valence-electron chi connectivity index (χ2n) is 9.35. The highest BCUT2D eigenvalue weighted by Crippen LogP contribution is 2.29. The molecule has 0 unspecified atom stereocenters. The number of nitrogens with zero attached hydrogens (tertiary/aromatic N) is 3. The third-order valence-electron chi connectivity index (χ3n) is 6.84. The summed E-state index contributed by atoms with van der Waals surface area (Å²) >= 11 is 0. The van der Waals surface area contributed by atoms with Gasteiger partial charge in [-0.2, -0.15) is 0 Å². The van der Waals surface area contributed by atoms with Crippen LogP contribution in [0.5, 0.6) is 0 Å². The van der Waals surface area contributed by atoms with Gasteiger partial charge in [0, 0.05) is 56.8 Å². The monoisotopic (exact) mass is 501 g/mol. The van der Waals surface area contributed by atoms with E-state index in [2.05, 4.69) is 4.90 Å². The largest absolute Gasteiger partial charge is 0.371 e. The van der Waals surface area contributed by atoms with Gasteiger partial charge in [-0.15, -0.1) is 0 Å². The normalized spacial score (nSPS) is 17.3. The van der Waals surface area contributed by atoms with E-state index in [-0.39, 0.29) is 16.6 Å².